The Bertz CT molecular complexity index is 716. The van der Waals surface area contributed by atoms with Crippen LogP contribution in [0.25, 0.3) is 17.0 Å². The third-order valence-electron chi connectivity index (χ3n) is 2.80. The monoisotopic (exact) mass is 257 g/mol. The zero-order valence-electron chi connectivity index (χ0n) is 9.98. The Labute approximate surface area is 108 Å². The molecule has 0 fully saturated rings. The Hall–Kier alpha value is -2.63. The molecule has 0 atom stereocenters. The van der Waals surface area contributed by atoms with Crippen LogP contribution in [0.5, 0.6) is 0 Å². The molecular weight excluding hydrogens is 246 g/mol. The van der Waals surface area contributed by atoms with Crippen molar-refractivity contribution in [3.63, 3.8) is 0 Å². The number of hydrogen-bond donors (Lipinski definition) is 1. The van der Waals surface area contributed by atoms with Gasteiger partial charge in [-0.15, -0.1) is 0 Å². The maximum atomic E-state index is 10.6. The number of furan rings is 1. The second-order valence-corrected chi connectivity index (χ2v) is 4.14. The molecule has 0 spiro atoms. The van der Waals surface area contributed by atoms with E-state index in [1.165, 1.54) is 0 Å². The van der Waals surface area contributed by atoms with Gasteiger partial charge in [-0.2, -0.15) is 0 Å². The Morgan fingerprint density at radius 2 is 2.37 bits per heavy atom. The van der Waals surface area contributed by atoms with Crippen molar-refractivity contribution >= 4 is 11.6 Å². The van der Waals surface area contributed by atoms with Crippen LogP contribution in [0.15, 0.2) is 41.5 Å². The zero-order valence-corrected chi connectivity index (χ0v) is 9.98. The van der Waals surface area contributed by atoms with Crippen molar-refractivity contribution < 1.29 is 14.3 Å². The van der Waals surface area contributed by atoms with E-state index in [0.29, 0.717) is 17.8 Å². The zero-order chi connectivity index (χ0) is 13.2. The van der Waals surface area contributed by atoms with Gasteiger partial charge in [-0.05, 0) is 12.1 Å². The van der Waals surface area contributed by atoms with Crippen molar-refractivity contribution in [2.45, 2.75) is 12.8 Å². The highest BCUT2D eigenvalue weighted by Crippen LogP contribution is 2.23. The molecule has 0 saturated heterocycles. The lowest BCUT2D eigenvalue weighted by Gasteiger charge is -1.98. The van der Waals surface area contributed by atoms with Gasteiger partial charge >= 0.3 is 5.97 Å². The standard InChI is InChI=1S/C13H11N3O3/c17-12(18)4-3-9-7-16-8-14-6-10(13(16)15-9)11-2-1-5-19-11/h1-2,5-8H,3-4H2,(H,17,18). The first kappa shape index (κ1) is 11.5. The predicted molar refractivity (Wildman–Crippen MR) is 66.6 cm³/mol. The van der Waals surface area contributed by atoms with Gasteiger partial charge in [-0.1, -0.05) is 0 Å². The number of carboxylic acid groups (broad SMARTS) is 1. The fourth-order valence-electron chi connectivity index (χ4n) is 1.93. The molecule has 3 heterocycles. The van der Waals surface area contributed by atoms with Crippen molar-refractivity contribution in [1.82, 2.24) is 14.4 Å². The fraction of sp³-hybridized carbons (Fsp3) is 0.154. The van der Waals surface area contributed by atoms with E-state index in [2.05, 4.69) is 9.97 Å². The lowest BCUT2D eigenvalue weighted by Crippen LogP contribution is -1.97. The molecule has 0 bridgehead atoms. The summed E-state index contributed by atoms with van der Waals surface area (Å²) in [5.41, 5.74) is 2.22. The number of aliphatic carboxylic acids is 1. The molecule has 96 valence electrons. The minimum atomic E-state index is -0.832. The average molecular weight is 257 g/mol. The normalized spacial score (nSPS) is 10.9. The van der Waals surface area contributed by atoms with Crippen LogP contribution in [0.1, 0.15) is 12.1 Å². The van der Waals surface area contributed by atoms with Crippen LogP contribution in [0.3, 0.4) is 0 Å². The van der Waals surface area contributed by atoms with Crippen molar-refractivity contribution in [3.8, 4) is 11.3 Å². The average Bonchev–Trinajstić information content (AvgIpc) is 3.04. The molecule has 1 N–H and O–H groups in total. The Balaban J connectivity index is 2.03. The molecule has 0 aromatic carbocycles. The van der Waals surface area contributed by atoms with Gasteiger partial charge in [0.15, 0.2) is 5.65 Å². The van der Waals surface area contributed by atoms with Crippen LogP contribution >= 0.6 is 0 Å². The number of nitrogens with zero attached hydrogens (tertiary/aromatic N) is 3. The molecule has 3 rings (SSSR count). The highest BCUT2D eigenvalue weighted by atomic mass is 16.4. The van der Waals surface area contributed by atoms with E-state index in [1.54, 1.807) is 35.5 Å². The summed E-state index contributed by atoms with van der Waals surface area (Å²) in [5, 5.41) is 8.69. The summed E-state index contributed by atoms with van der Waals surface area (Å²) in [4.78, 5) is 19.1. The summed E-state index contributed by atoms with van der Waals surface area (Å²) < 4.78 is 7.12. The molecule has 3 aromatic heterocycles. The number of imidazole rings is 1. The van der Waals surface area contributed by atoms with E-state index in [1.807, 2.05) is 6.07 Å². The van der Waals surface area contributed by atoms with Crippen molar-refractivity contribution in [2.24, 2.45) is 0 Å². The largest absolute Gasteiger partial charge is 0.481 e. The van der Waals surface area contributed by atoms with Crippen LogP contribution in [-0.2, 0) is 11.2 Å². The van der Waals surface area contributed by atoms with Gasteiger partial charge in [0.05, 0.1) is 23.9 Å². The molecule has 0 aliphatic rings. The van der Waals surface area contributed by atoms with Crippen molar-refractivity contribution in [1.29, 1.82) is 0 Å². The number of carbonyl (C=O) groups is 1. The maximum absolute atomic E-state index is 10.6. The minimum Gasteiger partial charge on any atom is -0.481 e. The van der Waals surface area contributed by atoms with E-state index >= 15 is 0 Å². The van der Waals surface area contributed by atoms with Crippen molar-refractivity contribution in [3.05, 3.63) is 42.8 Å². The topological polar surface area (TPSA) is 80.6 Å². The van der Waals surface area contributed by atoms with E-state index in [0.717, 1.165) is 11.3 Å². The van der Waals surface area contributed by atoms with E-state index in [-0.39, 0.29) is 6.42 Å². The predicted octanol–water partition coefficient (Wildman–Crippen LogP) is 2.01. The summed E-state index contributed by atoms with van der Waals surface area (Å²) in [6.07, 6.45) is 7.16. The fourth-order valence-corrected chi connectivity index (χ4v) is 1.93. The molecule has 0 radical (unpaired) electrons. The second kappa shape index (κ2) is 4.56. The first-order chi connectivity index (χ1) is 9.24. The molecular formula is C13H11N3O3. The summed E-state index contributed by atoms with van der Waals surface area (Å²) in [5.74, 6) is -0.144. The number of hydrogen-bond acceptors (Lipinski definition) is 4. The molecule has 0 unspecified atom stereocenters. The molecule has 0 aliphatic carbocycles. The van der Waals surface area contributed by atoms with Gasteiger partial charge in [0.25, 0.3) is 0 Å². The second-order valence-electron chi connectivity index (χ2n) is 4.14. The number of carboxylic acids is 1. The summed E-state index contributed by atoms with van der Waals surface area (Å²) in [7, 11) is 0. The number of aromatic nitrogens is 3. The molecule has 0 saturated carbocycles. The third-order valence-corrected chi connectivity index (χ3v) is 2.80. The van der Waals surface area contributed by atoms with Crippen LogP contribution in [0.4, 0.5) is 0 Å². The lowest BCUT2D eigenvalue weighted by molar-refractivity contribution is -0.136. The van der Waals surface area contributed by atoms with Crippen LogP contribution in [-0.4, -0.2) is 25.4 Å². The first-order valence-corrected chi connectivity index (χ1v) is 5.81. The molecule has 6 heteroatoms. The van der Waals surface area contributed by atoms with Crippen LogP contribution in [0, 0.1) is 0 Å². The van der Waals surface area contributed by atoms with Gasteiger partial charge in [0.2, 0.25) is 0 Å². The number of rotatable bonds is 4. The van der Waals surface area contributed by atoms with E-state index in [9.17, 15) is 4.79 Å². The Morgan fingerprint density at radius 3 is 3.11 bits per heavy atom. The number of aryl methyl sites for hydroxylation is 1. The smallest absolute Gasteiger partial charge is 0.303 e. The third kappa shape index (κ3) is 2.20. The molecule has 0 aliphatic heterocycles. The molecule has 3 aromatic rings. The minimum absolute atomic E-state index is 0.0629. The van der Waals surface area contributed by atoms with Crippen molar-refractivity contribution in [2.75, 3.05) is 0 Å². The summed E-state index contributed by atoms with van der Waals surface area (Å²) >= 11 is 0. The highest BCUT2D eigenvalue weighted by Gasteiger charge is 2.11. The first-order valence-electron chi connectivity index (χ1n) is 5.81. The van der Waals surface area contributed by atoms with E-state index < -0.39 is 5.97 Å². The molecule has 19 heavy (non-hydrogen) atoms. The van der Waals surface area contributed by atoms with Gasteiger partial charge in [0, 0.05) is 18.8 Å². The Kier molecular flexibility index (Phi) is 2.75. The quantitative estimate of drug-likeness (QED) is 0.773. The van der Waals surface area contributed by atoms with Crippen LogP contribution < -0.4 is 0 Å². The van der Waals surface area contributed by atoms with Gasteiger partial charge in [0.1, 0.15) is 12.1 Å². The lowest BCUT2D eigenvalue weighted by atomic mass is 10.2. The molecule has 6 nitrogen and oxygen atoms in total. The SMILES string of the molecule is O=C(O)CCc1cn2cncc(-c3ccco3)c2n1. The van der Waals surface area contributed by atoms with Gasteiger partial charge in [-0.25, -0.2) is 9.97 Å². The van der Waals surface area contributed by atoms with E-state index in [4.69, 9.17) is 9.52 Å². The van der Waals surface area contributed by atoms with Gasteiger partial charge in [-0.3, -0.25) is 9.20 Å². The van der Waals surface area contributed by atoms with Gasteiger partial charge < -0.3 is 9.52 Å². The highest BCUT2D eigenvalue weighted by molar-refractivity contribution is 5.73. The summed E-state index contributed by atoms with van der Waals surface area (Å²) in [6, 6.07) is 3.63. The maximum Gasteiger partial charge on any atom is 0.303 e. The Morgan fingerprint density at radius 1 is 1.47 bits per heavy atom. The van der Waals surface area contributed by atoms with Crippen LogP contribution in [0.2, 0.25) is 0 Å². The summed E-state index contributed by atoms with van der Waals surface area (Å²) in [6.45, 7) is 0. The molecule has 0 amide bonds. The number of fused-ring (bicyclic) bond motifs is 1.